The first kappa shape index (κ1) is 12.2. The Balaban J connectivity index is 2.31. The molecule has 1 heterocycles. The van der Waals surface area contributed by atoms with E-state index in [1.165, 1.54) is 0 Å². The molecule has 2 aromatic rings. The number of ether oxygens (including phenoxy) is 1. The summed E-state index contributed by atoms with van der Waals surface area (Å²) in [6.45, 7) is 2.82. The lowest BCUT2D eigenvalue weighted by Crippen LogP contribution is -2.16. The molecular weight excluding hydrogens is 232 g/mol. The van der Waals surface area contributed by atoms with E-state index in [4.69, 9.17) is 15.0 Å². The fourth-order valence-electron chi connectivity index (χ4n) is 1.50. The molecule has 2 rings (SSSR count). The third-order valence-electron chi connectivity index (χ3n) is 2.71. The number of benzene rings is 1. The molecule has 0 saturated heterocycles. The van der Waals surface area contributed by atoms with Crippen molar-refractivity contribution in [2.45, 2.75) is 6.92 Å². The van der Waals surface area contributed by atoms with Crippen LogP contribution >= 0.6 is 0 Å². The summed E-state index contributed by atoms with van der Waals surface area (Å²) in [6.07, 6.45) is 0. The van der Waals surface area contributed by atoms with Crippen LogP contribution in [0.1, 0.15) is 6.92 Å². The van der Waals surface area contributed by atoms with Gasteiger partial charge in [-0.1, -0.05) is 0 Å². The first-order valence-corrected chi connectivity index (χ1v) is 5.64. The SMILES string of the molecule is CCN(C)c1noc(-c2ccc(OC)c(N)c2)n1. The average Bonchev–Trinajstić information content (AvgIpc) is 2.87. The van der Waals surface area contributed by atoms with Crippen molar-refractivity contribution in [2.75, 3.05) is 31.3 Å². The van der Waals surface area contributed by atoms with Crippen LogP contribution in [-0.2, 0) is 0 Å². The Bertz CT molecular complexity index is 539. The second kappa shape index (κ2) is 4.95. The third-order valence-corrected chi connectivity index (χ3v) is 2.71. The topological polar surface area (TPSA) is 77.4 Å². The van der Waals surface area contributed by atoms with Crippen molar-refractivity contribution in [2.24, 2.45) is 0 Å². The van der Waals surface area contributed by atoms with Crippen molar-refractivity contribution in [3.63, 3.8) is 0 Å². The van der Waals surface area contributed by atoms with Crippen LogP contribution in [-0.4, -0.2) is 30.8 Å². The molecule has 0 spiro atoms. The number of nitrogens with zero attached hydrogens (tertiary/aromatic N) is 3. The monoisotopic (exact) mass is 248 g/mol. The molecule has 0 fully saturated rings. The van der Waals surface area contributed by atoms with Gasteiger partial charge < -0.3 is 19.9 Å². The Morgan fingerprint density at radius 2 is 2.22 bits per heavy atom. The van der Waals surface area contributed by atoms with Crippen LogP contribution < -0.4 is 15.4 Å². The normalized spacial score (nSPS) is 10.4. The molecule has 0 aliphatic heterocycles. The summed E-state index contributed by atoms with van der Waals surface area (Å²) in [7, 11) is 3.48. The van der Waals surface area contributed by atoms with E-state index in [1.54, 1.807) is 19.2 Å². The van der Waals surface area contributed by atoms with Crippen molar-refractivity contribution in [1.29, 1.82) is 0 Å². The molecule has 0 saturated carbocycles. The fourth-order valence-corrected chi connectivity index (χ4v) is 1.50. The van der Waals surface area contributed by atoms with Crippen LogP contribution in [0, 0.1) is 0 Å². The number of anilines is 2. The fraction of sp³-hybridized carbons (Fsp3) is 0.333. The summed E-state index contributed by atoms with van der Waals surface area (Å²) in [5.74, 6) is 1.63. The zero-order valence-corrected chi connectivity index (χ0v) is 10.7. The Labute approximate surface area is 105 Å². The number of nitrogen functional groups attached to an aromatic ring is 1. The van der Waals surface area contributed by atoms with Gasteiger partial charge in [0.05, 0.1) is 12.8 Å². The van der Waals surface area contributed by atoms with E-state index in [-0.39, 0.29) is 0 Å². The molecule has 0 unspecified atom stereocenters. The van der Waals surface area contributed by atoms with E-state index < -0.39 is 0 Å². The molecule has 2 N–H and O–H groups in total. The molecule has 0 bridgehead atoms. The summed E-state index contributed by atoms with van der Waals surface area (Å²) in [4.78, 5) is 6.19. The number of nitrogens with two attached hydrogens (primary N) is 1. The first-order chi connectivity index (χ1) is 8.65. The molecule has 0 atom stereocenters. The molecule has 6 nitrogen and oxygen atoms in total. The van der Waals surface area contributed by atoms with Crippen LogP contribution in [0.15, 0.2) is 22.7 Å². The summed E-state index contributed by atoms with van der Waals surface area (Å²) in [6, 6.07) is 5.36. The molecule has 1 aromatic carbocycles. The van der Waals surface area contributed by atoms with Gasteiger partial charge in [-0.25, -0.2) is 0 Å². The summed E-state index contributed by atoms with van der Waals surface area (Å²) in [5.41, 5.74) is 7.15. The highest BCUT2D eigenvalue weighted by Gasteiger charge is 2.12. The molecule has 0 amide bonds. The Hall–Kier alpha value is -2.24. The lowest BCUT2D eigenvalue weighted by molar-refractivity contribution is 0.416. The Kier molecular flexibility index (Phi) is 3.36. The van der Waals surface area contributed by atoms with E-state index in [0.29, 0.717) is 23.3 Å². The second-order valence-corrected chi connectivity index (χ2v) is 3.87. The van der Waals surface area contributed by atoms with Gasteiger partial charge in [0, 0.05) is 19.2 Å². The quantitative estimate of drug-likeness (QED) is 0.831. The summed E-state index contributed by atoms with van der Waals surface area (Å²) >= 11 is 0. The number of aromatic nitrogens is 2. The Morgan fingerprint density at radius 3 is 2.83 bits per heavy atom. The van der Waals surface area contributed by atoms with Gasteiger partial charge in [-0.3, -0.25) is 0 Å². The van der Waals surface area contributed by atoms with Gasteiger partial charge in [0.2, 0.25) is 0 Å². The van der Waals surface area contributed by atoms with Crippen molar-refractivity contribution >= 4 is 11.6 Å². The van der Waals surface area contributed by atoms with E-state index in [9.17, 15) is 0 Å². The number of methoxy groups -OCH3 is 1. The minimum Gasteiger partial charge on any atom is -0.495 e. The first-order valence-electron chi connectivity index (χ1n) is 5.64. The Morgan fingerprint density at radius 1 is 1.44 bits per heavy atom. The van der Waals surface area contributed by atoms with Gasteiger partial charge in [-0.2, -0.15) is 4.98 Å². The van der Waals surface area contributed by atoms with Crippen molar-refractivity contribution in [3.05, 3.63) is 18.2 Å². The van der Waals surface area contributed by atoms with E-state index in [1.807, 2.05) is 24.9 Å². The largest absolute Gasteiger partial charge is 0.495 e. The smallest absolute Gasteiger partial charge is 0.266 e. The third kappa shape index (κ3) is 2.22. The highest BCUT2D eigenvalue weighted by Crippen LogP contribution is 2.28. The minimum absolute atomic E-state index is 0.444. The van der Waals surface area contributed by atoms with Gasteiger partial charge in [0.1, 0.15) is 5.75 Å². The van der Waals surface area contributed by atoms with E-state index in [0.717, 1.165) is 12.1 Å². The summed E-state index contributed by atoms with van der Waals surface area (Å²) < 4.78 is 10.3. The molecule has 0 aliphatic carbocycles. The van der Waals surface area contributed by atoms with Gasteiger partial charge in [0.25, 0.3) is 11.8 Å². The second-order valence-electron chi connectivity index (χ2n) is 3.87. The van der Waals surface area contributed by atoms with Gasteiger partial charge in [0.15, 0.2) is 0 Å². The maximum Gasteiger partial charge on any atom is 0.266 e. The highest BCUT2D eigenvalue weighted by atomic mass is 16.5. The minimum atomic E-state index is 0.444. The highest BCUT2D eigenvalue weighted by molar-refractivity contribution is 5.65. The maximum atomic E-state index is 5.84. The molecule has 0 radical (unpaired) electrons. The van der Waals surface area contributed by atoms with Crippen LogP contribution in [0.5, 0.6) is 5.75 Å². The van der Waals surface area contributed by atoms with E-state index >= 15 is 0 Å². The van der Waals surface area contributed by atoms with Crippen LogP contribution in [0.3, 0.4) is 0 Å². The zero-order chi connectivity index (χ0) is 13.1. The van der Waals surface area contributed by atoms with Gasteiger partial charge >= 0.3 is 0 Å². The number of hydrogen-bond donors (Lipinski definition) is 1. The maximum absolute atomic E-state index is 5.84. The predicted octanol–water partition coefficient (Wildman–Crippen LogP) is 1.78. The lowest BCUT2D eigenvalue weighted by atomic mass is 10.2. The summed E-state index contributed by atoms with van der Waals surface area (Å²) in [5, 5.41) is 3.90. The molecule has 18 heavy (non-hydrogen) atoms. The standard InChI is InChI=1S/C12H16N4O2/c1-4-16(2)12-14-11(18-15-12)8-5-6-10(17-3)9(13)7-8/h5-7H,4,13H2,1-3H3. The van der Waals surface area contributed by atoms with Crippen molar-refractivity contribution in [1.82, 2.24) is 10.1 Å². The zero-order valence-electron chi connectivity index (χ0n) is 10.7. The van der Waals surface area contributed by atoms with Gasteiger partial charge in [-0.05, 0) is 30.3 Å². The molecule has 96 valence electrons. The van der Waals surface area contributed by atoms with Crippen molar-refractivity contribution in [3.8, 4) is 17.2 Å². The average molecular weight is 248 g/mol. The van der Waals surface area contributed by atoms with E-state index in [2.05, 4.69) is 10.1 Å². The molecule has 6 heteroatoms. The lowest BCUT2D eigenvalue weighted by Gasteiger charge is -2.08. The number of rotatable bonds is 4. The van der Waals surface area contributed by atoms with Gasteiger partial charge in [-0.15, -0.1) is 0 Å². The number of hydrogen-bond acceptors (Lipinski definition) is 6. The van der Waals surface area contributed by atoms with Crippen LogP contribution in [0.4, 0.5) is 11.6 Å². The van der Waals surface area contributed by atoms with Crippen molar-refractivity contribution < 1.29 is 9.26 Å². The van der Waals surface area contributed by atoms with Crippen LogP contribution in [0.25, 0.3) is 11.5 Å². The predicted molar refractivity (Wildman–Crippen MR) is 69.6 cm³/mol. The molecular formula is C12H16N4O2. The van der Waals surface area contributed by atoms with Crippen LogP contribution in [0.2, 0.25) is 0 Å². The molecule has 1 aromatic heterocycles. The molecule has 0 aliphatic rings.